The Kier molecular flexibility index (Phi) is 4.44. The second-order valence-electron chi connectivity index (χ2n) is 6.30. The topological polar surface area (TPSA) is 95.9 Å². The normalized spacial score (nSPS) is 11.4. The molecule has 8 nitrogen and oxygen atoms in total. The minimum absolute atomic E-state index is 0.0988. The molecule has 0 aliphatic carbocycles. The van der Waals surface area contributed by atoms with E-state index >= 15 is 0 Å². The van der Waals surface area contributed by atoms with Gasteiger partial charge in [-0.2, -0.15) is 10.1 Å². The van der Waals surface area contributed by atoms with Gasteiger partial charge in [0.2, 0.25) is 5.82 Å². The van der Waals surface area contributed by atoms with Crippen molar-refractivity contribution in [2.75, 3.05) is 0 Å². The maximum absolute atomic E-state index is 12.6. The first kappa shape index (κ1) is 17.3. The van der Waals surface area contributed by atoms with Gasteiger partial charge in [0.05, 0.1) is 22.0 Å². The Morgan fingerprint density at radius 2 is 2.22 bits per heavy atom. The summed E-state index contributed by atoms with van der Waals surface area (Å²) in [6.07, 6.45) is 1.64. The van der Waals surface area contributed by atoms with Crippen LogP contribution in [-0.4, -0.2) is 30.9 Å². The molecule has 0 amide bonds. The average molecular weight is 383 g/mol. The van der Waals surface area contributed by atoms with Gasteiger partial charge in [0, 0.05) is 11.7 Å². The number of fused-ring (bicyclic) bond motifs is 1. The highest BCUT2D eigenvalue weighted by molar-refractivity contribution is 7.13. The van der Waals surface area contributed by atoms with Crippen LogP contribution in [0.2, 0.25) is 0 Å². The van der Waals surface area contributed by atoms with Gasteiger partial charge >= 0.3 is 5.97 Å². The average Bonchev–Trinajstić information content (AvgIpc) is 3.37. The van der Waals surface area contributed by atoms with E-state index in [-0.39, 0.29) is 18.5 Å². The van der Waals surface area contributed by atoms with E-state index in [1.165, 1.54) is 11.3 Å². The van der Waals surface area contributed by atoms with Gasteiger partial charge in [0.1, 0.15) is 0 Å². The maximum atomic E-state index is 12.6. The Labute approximate surface area is 158 Å². The molecule has 0 N–H and O–H groups in total. The van der Waals surface area contributed by atoms with E-state index in [2.05, 4.69) is 20.2 Å². The number of thiophene rings is 1. The van der Waals surface area contributed by atoms with Crippen molar-refractivity contribution in [2.45, 2.75) is 33.4 Å². The number of hydrogen-bond acceptors (Lipinski definition) is 8. The fourth-order valence-electron chi connectivity index (χ4n) is 2.71. The lowest BCUT2D eigenvalue weighted by Gasteiger charge is -2.08. The van der Waals surface area contributed by atoms with Crippen LogP contribution in [0, 0.1) is 6.92 Å². The molecular formula is C18H17N5O3S. The quantitative estimate of drug-likeness (QED) is 0.484. The highest BCUT2D eigenvalue weighted by atomic mass is 32.1. The van der Waals surface area contributed by atoms with Crippen LogP contribution in [0.1, 0.15) is 41.8 Å². The maximum Gasteiger partial charge on any atom is 0.339 e. The fourth-order valence-corrected chi connectivity index (χ4v) is 3.36. The minimum Gasteiger partial charge on any atom is -0.452 e. The van der Waals surface area contributed by atoms with Crippen LogP contribution in [0.15, 0.2) is 34.3 Å². The van der Waals surface area contributed by atoms with Crippen LogP contribution in [0.25, 0.3) is 21.7 Å². The van der Waals surface area contributed by atoms with Gasteiger partial charge in [0.25, 0.3) is 5.89 Å². The predicted octanol–water partition coefficient (Wildman–Crippen LogP) is 3.79. The van der Waals surface area contributed by atoms with E-state index < -0.39 is 5.97 Å². The molecule has 27 heavy (non-hydrogen) atoms. The molecule has 4 aromatic rings. The highest BCUT2D eigenvalue weighted by Crippen LogP contribution is 2.23. The first-order valence-electron chi connectivity index (χ1n) is 8.41. The van der Waals surface area contributed by atoms with Gasteiger partial charge in [0.15, 0.2) is 12.3 Å². The smallest absolute Gasteiger partial charge is 0.339 e. The first-order valence-corrected chi connectivity index (χ1v) is 9.29. The Hall–Kier alpha value is -3.07. The molecule has 0 bridgehead atoms. The second-order valence-corrected chi connectivity index (χ2v) is 7.24. The largest absolute Gasteiger partial charge is 0.452 e. The van der Waals surface area contributed by atoms with Gasteiger partial charge in [-0.15, -0.1) is 11.3 Å². The number of ether oxygens (including phenoxy) is 1. The van der Waals surface area contributed by atoms with Crippen LogP contribution >= 0.6 is 11.3 Å². The third kappa shape index (κ3) is 3.33. The van der Waals surface area contributed by atoms with E-state index in [0.717, 1.165) is 10.6 Å². The summed E-state index contributed by atoms with van der Waals surface area (Å²) in [6, 6.07) is 5.63. The van der Waals surface area contributed by atoms with Crippen molar-refractivity contribution >= 4 is 28.3 Å². The molecule has 0 aliphatic heterocycles. The van der Waals surface area contributed by atoms with Gasteiger partial charge in [-0.05, 0) is 38.3 Å². The summed E-state index contributed by atoms with van der Waals surface area (Å²) in [5.74, 6) is 0.243. The summed E-state index contributed by atoms with van der Waals surface area (Å²) in [7, 11) is 0. The second kappa shape index (κ2) is 6.92. The number of hydrogen-bond donors (Lipinski definition) is 0. The van der Waals surface area contributed by atoms with Crippen molar-refractivity contribution in [3.63, 3.8) is 0 Å². The number of esters is 1. The molecule has 138 valence electrons. The first-order chi connectivity index (χ1) is 13.0. The van der Waals surface area contributed by atoms with Crippen LogP contribution in [-0.2, 0) is 11.3 Å². The summed E-state index contributed by atoms with van der Waals surface area (Å²) in [5, 5.41) is 10.8. The zero-order valence-corrected chi connectivity index (χ0v) is 15.9. The number of pyridine rings is 1. The Morgan fingerprint density at radius 3 is 2.96 bits per heavy atom. The SMILES string of the molecule is Cc1cc(C(=O)OCc2nc(-c3cccs3)no2)c2cnn(C(C)C)c2n1. The lowest BCUT2D eigenvalue weighted by atomic mass is 10.1. The van der Waals surface area contributed by atoms with Crippen molar-refractivity contribution < 1.29 is 14.1 Å². The number of carbonyl (C=O) groups excluding carboxylic acids is 1. The van der Waals surface area contributed by atoms with E-state index in [1.54, 1.807) is 16.9 Å². The highest BCUT2D eigenvalue weighted by Gasteiger charge is 2.19. The van der Waals surface area contributed by atoms with E-state index in [9.17, 15) is 4.79 Å². The number of carbonyl (C=O) groups is 1. The minimum atomic E-state index is -0.482. The van der Waals surface area contributed by atoms with Crippen molar-refractivity contribution in [1.29, 1.82) is 0 Å². The van der Waals surface area contributed by atoms with Crippen LogP contribution in [0.5, 0.6) is 0 Å². The predicted molar refractivity (Wildman–Crippen MR) is 99.4 cm³/mol. The van der Waals surface area contributed by atoms with E-state index in [1.807, 2.05) is 38.3 Å². The number of aromatic nitrogens is 5. The molecule has 4 aromatic heterocycles. The van der Waals surface area contributed by atoms with Crippen molar-refractivity contribution in [2.24, 2.45) is 0 Å². The number of rotatable bonds is 5. The molecule has 4 heterocycles. The summed E-state index contributed by atoms with van der Waals surface area (Å²) >= 11 is 1.51. The molecule has 4 rings (SSSR count). The molecule has 0 unspecified atom stereocenters. The summed E-state index contributed by atoms with van der Waals surface area (Å²) < 4.78 is 12.3. The third-order valence-corrected chi connectivity index (χ3v) is 4.81. The van der Waals surface area contributed by atoms with Gasteiger partial charge in [-0.25, -0.2) is 14.5 Å². The summed E-state index contributed by atoms with van der Waals surface area (Å²) in [4.78, 5) is 22.3. The number of aryl methyl sites for hydroxylation is 1. The van der Waals surface area contributed by atoms with Gasteiger partial charge in [-0.1, -0.05) is 11.2 Å². The summed E-state index contributed by atoms with van der Waals surface area (Å²) in [5.41, 5.74) is 1.80. The van der Waals surface area contributed by atoms with Crippen molar-refractivity contribution in [1.82, 2.24) is 24.9 Å². The molecule has 0 atom stereocenters. The molecule has 0 saturated carbocycles. The number of nitrogens with zero attached hydrogens (tertiary/aromatic N) is 5. The van der Waals surface area contributed by atoms with Gasteiger partial charge < -0.3 is 9.26 Å². The fraction of sp³-hybridized carbons (Fsp3) is 0.278. The van der Waals surface area contributed by atoms with E-state index in [0.29, 0.717) is 22.4 Å². The third-order valence-electron chi connectivity index (χ3n) is 3.94. The molecule has 9 heteroatoms. The zero-order chi connectivity index (χ0) is 19.0. The molecule has 0 saturated heterocycles. The van der Waals surface area contributed by atoms with E-state index in [4.69, 9.17) is 9.26 Å². The monoisotopic (exact) mass is 383 g/mol. The molecule has 0 aromatic carbocycles. The Bertz CT molecular complexity index is 1100. The Morgan fingerprint density at radius 1 is 1.37 bits per heavy atom. The standard InChI is InChI=1S/C18H17N5O3S/c1-10(2)23-17-13(8-19-23)12(7-11(3)20-17)18(24)25-9-15-21-16(22-26-15)14-5-4-6-27-14/h4-8,10H,9H2,1-3H3. The molecule has 0 radical (unpaired) electrons. The van der Waals surface area contributed by atoms with Gasteiger partial charge in [-0.3, -0.25) is 0 Å². The molecular weight excluding hydrogens is 366 g/mol. The van der Waals surface area contributed by atoms with Crippen LogP contribution in [0.3, 0.4) is 0 Å². The zero-order valence-electron chi connectivity index (χ0n) is 15.0. The lowest BCUT2D eigenvalue weighted by Crippen LogP contribution is -2.08. The Balaban J connectivity index is 1.55. The molecule has 0 fully saturated rings. The van der Waals surface area contributed by atoms with Crippen LogP contribution in [0.4, 0.5) is 0 Å². The van der Waals surface area contributed by atoms with Crippen molar-refractivity contribution in [3.8, 4) is 10.7 Å². The lowest BCUT2D eigenvalue weighted by molar-refractivity contribution is 0.0432. The summed E-state index contributed by atoms with van der Waals surface area (Å²) in [6.45, 7) is 5.75. The molecule has 0 spiro atoms. The molecule has 0 aliphatic rings. The van der Waals surface area contributed by atoms with Crippen LogP contribution < -0.4 is 0 Å². The van der Waals surface area contributed by atoms with Crippen molar-refractivity contribution in [3.05, 3.63) is 46.9 Å².